The minimum atomic E-state index is -0.727. The highest BCUT2D eigenvalue weighted by molar-refractivity contribution is 5.90. The van der Waals surface area contributed by atoms with Crippen LogP contribution in [0, 0.1) is 16.7 Å². The number of rotatable bonds is 7. The number of likely N-dealkylation sites (tertiary alicyclic amines) is 1. The number of ether oxygens (including phenoxy) is 1. The normalized spacial score (nSPS) is 26.1. The first-order valence-corrected chi connectivity index (χ1v) is 14.8. The molecule has 2 aliphatic heterocycles. The van der Waals surface area contributed by atoms with Crippen molar-refractivity contribution >= 4 is 11.8 Å². The van der Waals surface area contributed by atoms with Crippen molar-refractivity contribution in [2.45, 2.75) is 102 Å². The molecule has 0 aromatic heterocycles. The van der Waals surface area contributed by atoms with Crippen molar-refractivity contribution in [1.29, 1.82) is 5.26 Å². The molecule has 220 valence electrons. The minimum absolute atomic E-state index is 0.0216. The first kappa shape index (κ1) is 30.3. The molecule has 10 nitrogen and oxygen atoms in total. The van der Waals surface area contributed by atoms with E-state index in [0.29, 0.717) is 30.5 Å². The van der Waals surface area contributed by atoms with Crippen molar-refractivity contribution in [1.82, 2.24) is 25.8 Å². The Balaban J connectivity index is 1.58. The summed E-state index contributed by atoms with van der Waals surface area (Å²) < 4.78 is 6.22. The second-order valence-corrected chi connectivity index (χ2v) is 12.5. The van der Waals surface area contributed by atoms with Crippen molar-refractivity contribution in [2.75, 3.05) is 26.7 Å². The predicted molar refractivity (Wildman–Crippen MR) is 152 cm³/mol. The smallest absolute Gasteiger partial charge is 0.242 e. The van der Waals surface area contributed by atoms with E-state index in [1.165, 1.54) is 32.1 Å². The number of amides is 2. The molecule has 3 aliphatic rings. The number of aliphatic hydroxyl groups excluding tert-OH is 1. The fourth-order valence-corrected chi connectivity index (χ4v) is 6.42. The molecule has 1 saturated carbocycles. The lowest BCUT2D eigenvalue weighted by Crippen LogP contribution is -2.60. The third kappa shape index (κ3) is 7.13. The second kappa shape index (κ2) is 13.3. The van der Waals surface area contributed by atoms with Crippen LogP contribution in [0.1, 0.15) is 77.7 Å². The van der Waals surface area contributed by atoms with E-state index in [4.69, 9.17) is 4.74 Å². The Hall–Kier alpha value is -2.71. The van der Waals surface area contributed by atoms with Gasteiger partial charge in [0.1, 0.15) is 24.4 Å². The van der Waals surface area contributed by atoms with Gasteiger partial charge in [-0.2, -0.15) is 10.8 Å². The Labute approximate surface area is 238 Å². The molecular weight excluding hydrogens is 508 g/mol. The Morgan fingerprint density at radius 3 is 2.52 bits per heavy atom. The summed E-state index contributed by atoms with van der Waals surface area (Å²) >= 11 is 0. The Kier molecular flexibility index (Phi) is 10.1. The highest BCUT2D eigenvalue weighted by Crippen LogP contribution is 2.33. The van der Waals surface area contributed by atoms with Gasteiger partial charge < -0.3 is 20.1 Å². The summed E-state index contributed by atoms with van der Waals surface area (Å²) in [6.07, 6.45) is 7.75. The van der Waals surface area contributed by atoms with E-state index in [1.54, 1.807) is 24.1 Å². The zero-order chi connectivity index (χ0) is 28.9. The van der Waals surface area contributed by atoms with Crippen LogP contribution < -0.4 is 15.6 Å². The SMILES string of the molecule is CNC(=O)[C@@H]1C[C@@H](O)CN1C(=O)[C@@H](N1CC(COc2cccc(C#N)c2)N(C2CCCCCCC2)N1)C(C)(C)C. The van der Waals surface area contributed by atoms with Gasteiger partial charge >= 0.3 is 0 Å². The third-order valence-corrected chi connectivity index (χ3v) is 8.40. The zero-order valence-corrected chi connectivity index (χ0v) is 24.4. The number of nitriles is 1. The number of aliphatic hydroxyl groups is 1. The summed E-state index contributed by atoms with van der Waals surface area (Å²) in [5.41, 5.74) is 3.72. The molecule has 2 heterocycles. The fraction of sp³-hybridized carbons (Fsp3) is 0.700. The molecule has 2 amide bonds. The molecule has 1 unspecified atom stereocenters. The number of likely N-dealkylation sites (N-methyl/N-ethyl adjacent to an activating group) is 1. The van der Waals surface area contributed by atoms with Crippen LogP contribution in [0.4, 0.5) is 0 Å². The van der Waals surface area contributed by atoms with E-state index in [9.17, 15) is 20.0 Å². The van der Waals surface area contributed by atoms with Gasteiger partial charge in [0.2, 0.25) is 11.8 Å². The van der Waals surface area contributed by atoms with E-state index < -0.39 is 23.6 Å². The average molecular weight is 555 g/mol. The molecule has 3 fully saturated rings. The molecule has 1 aromatic rings. The van der Waals surface area contributed by atoms with Gasteiger partial charge in [-0.05, 0) is 36.5 Å². The van der Waals surface area contributed by atoms with E-state index in [-0.39, 0.29) is 30.8 Å². The summed E-state index contributed by atoms with van der Waals surface area (Å²) in [5.74, 6) is 0.234. The highest BCUT2D eigenvalue weighted by atomic mass is 16.5. The van der Waals surface area contributed by atoms with E-state index in [1.807, 2.05) is 37.9 Å². The van der Waals surface area contributed by atoms with Gasteiger partial charge in [-0.25, -0.2) is 10.0 Å². The molecule has 4 rings (SSSR count). The van der Waals surface area contributed by atoms with Gasteiger partial charge in [0, 0.05) is 32.6 Å². The third-order valence-electron chi connectivity index (χ3n) is 8.40. The lowest BCUT2D eigenvalue weighted by Gasteiger charge is -2.40. The van der Waals surface area contributed by atoms with Crippen molar-refractivity contribution in [2.24, 2.45) is 5.41 Å². The van der Waals surface area contributed by atoms with Crippen LogP contribution in [0.5, 0.6) is 5.75 Å². The van der Waals surface area contributed by atoms with E-state index in [0.717, 1.165) is 12.8 Å². The number of hydrogen-bond acceptors (Lipinski definition) is 8. The maximum atomic E-state index is 14.2. The molecule has 2 saturated heterocycles. The van der Waals surface area contributed by atoms with Crippen LogP contribution in [-0.2, 0) is 9.59 Å². The lowest BCUT2D eigenvalue weighted by molar-refractivity contribution is -0.148. The second-order valence-electron chi connectivity index (χ2n) is 12.5. The van der Waals surface area contributed by atoms with Crippen LogP contribution in [0.2, 0.25) is 0 Å². The molecule has 3 N–H and O–H groups in total. The van der Waals surface area contributed by atoms with Crippen LogP contribution >= 0.6 is 0 Å². The maximum Gasteiger partial charge on any atom is 0.242 e. The highest BCUT2D eigenvalue weighted by Gasteiger charge is 2.49. The molecule has 0 bridgehead atoms. The number of nitrogens with zero attached hydrogens (tertiary/aromatic N) is 4. The summed E-state index contributed by atoms with van der Waals surface area (Å²) in [5, 5.41) is 26.6. The lowest BCUT2D eigenvalue weighted by atomic mass is 9.85. The van der Waals surface area contributed by atoms with Crippen molar-refractivity contribution in [3.63, 3.8) is 0 Å². The average Bonchev–Trinajstić information content (AvgIpc) is 3.49. The molecular formula is C30H46N6O4. The zero-order valence-electron chi connectivity index (χ0n) is 24.4. The minimum Gasteiger partial charge on any atom is -0.492 e. The van der Waals surface area contributed by atoms with E-state index in [2.05, 4.69) is 21.9 Å². The van der Waals surface area contributed by atoms with Crippen LogP contribution in [0.3, 0.4) is 0 Å². The molecule has 0 spiro atoms. The van der Waals surface area contributed by atoms with Crippen molar-refractivity contribution < 1.29 is 19.4 Å². The van der Waals surface area contributed by atoms with Gasteiger partial charge in [-0.3, -0.25) is 9.59 Å². The fourth-order valence-electron chi connectivity index (χ4n) is 6.42. The Morgan fingerprint density at radius 1 is 1.18 bits per heavy atom. The van der Waals surface area contributed by atoms with Gasteiger partial charge in [0.15, 0.2) is 0 Å². The number of carbonyl (C=O) groups excluding carboxylic acids is 2. The standard InChI is InChI=1S/C30H46N6O4/c1-30(2,3)27(29(39)34-19-24(37)16-26(34)28(38)32-4)35-18-23(20-40-25-14-10-11-21(15-25)17-31)36(33-35)22-12-8-6-5-7-9-13-22/h10-11,14-15,22-24,26-27,33,37H,5-9,12-13,16,18-20H2,1-4H3,(H,32,38)/t23?,24-,26+,27-/m1/s1. The van der Waals surface area contributed by atoms with Crippen molar-refractivity contribution in [3.05, 3.63) is 29.8 Å². The Morgan fingerprint density at radius 2 is 1.88 bits per heavy atom. The molecule has 1 aliphatic carbocycles. The largest absolute Gasteiger partial charge is 0.492 e. The number of benzene rings is 1. The monoisotopic (exact) mass is 554 g/mol. The quantitative estimate of drug-likeness (QED) is 0.470. The first-order chi connectivity index (χ1) is 19.1. The van der Waals surface area contributed by atoms with Crippen molar-refractivity contribution in [3.8, 4) is 11.8 Å². The Bertz CT molecular complexity index is 1060. The summed E-state index contributed by atoms with van der Waals surface area (Å²) in [6.45, 7) is 7.22. The number of carbonyl (C=O) groups is 2. The molecule has 1 aromatic carbocycles. The first-order valence-electron chi connectivity index (χ1n) is 14.8. The van der Waals surface area contributed by atoms with Crippen LogP contribution in [-0.4, -0.2) is 88.9 Å². The maximum absolute atomic E-state index is 14.2. The van der Waals surface area contributed by atoms with Gasteiger partial charge in [0.25, 0.3) is 0 Å². The van der Waals surface area contributed by atoms with E-state index >= 15 is 0 Å². The topological polar surface area (TPSA) is 121 Å². The number of hydrazine groups is 2. The molecule has 10 heteroatoms. The molecule has 0 radical (unpaired) electrons. The van der Waals surface area contributed by atoms with Crippen LogP contribution in [0.25, 0.3) is 0 Å². The predicted octanol–water partition coefficient (Wildman–Crippen LogP) is 2.58. The summed E-state index contributed by atoms with van der Waals surface area (Å²) in [7, 11) is 1.56. The van der Waals surface area contributed by atoms with Crippen LogP contribution in [0.15, 0.2) is 24.3 Å². The summed E-state index contributed by atoms with van der Waals surface area (Å²) in [4.78, 5) is 28.3. The number of nitrogens with one attached hydrogen (secondary N) is 2. The van der Waals surface area contributed by atoms with Gasteiger partial charge in [-0.1, -0.05) is 58.9 Å². The number of hydrogen-bond donors (Lipinski definition) is 3. The summed E-state index contributed by atoms with van der Waals surface area (Å²) in [6, 6.07) is 8.40. The van der Waals surface area contributed by atoms with Gasteiger partial charge in [-0.15, -0.1) is 0 Å². The van der Waals surface area contributed by atoms with Gasteiger partial charge in [0.05, 0.1) is 23.8 Å². The molecule has 40 heavy (non-hydrogen) atoms. The number of β-amino-alcohol motifs (C(OH)–C–C–N with tert-alkyl or cyclic N) is 1. The molecule has 4 atom stereocenters.